The molecule has 1 heterocycles. The van der Waals surface area contributed by atoms with Crippen LogP contribution in [0.15, 0.2) is 52.3 Å². The van der Waals surface area contributed by atoms with Crippen LogP contribution in [0.25, 0.3) is 0 Å². The fraction of sp³-hybridized carbons (Fsp3) is 0.409. The molecule has 1 aliphatic rings. The van der Waals surface area contributed by atoms with Crippen molar-refractivity contribution in [3.63, 3.8) is 0 Å². The molecule has 0 spiro atoms. The molecule has 162 valence electrons. The van der Waals surface area contributed by atoms with E-state index in [1.54, 1.807) is 34.9 Å². The minimum atomic E-state index is -3.86. The summed E-state index contributed by atoms with van der Waals surface area (Å²) in [6, 6.07) is 11.7. The third kappa shape index (κ3) is 5.10. The van der Waals surface area contributed by atoms with E-state index in [-0.39, 0.29) is 16.4 Å². The number of carbonyl (C=O) groups excluding carboxylic acids is 1. The molecule has 1 amide bonds. The van der Waals surface area contributed by atoms with Gasteiger partial charge < -0.3 is 9.64 Å². The molecular formula is C22H28N2O4S2. The third-order valence-corrected chi connectivity index (χ3v) is 7.53. The summed E-state index contributed by atoms with van der Waals surface area (Å²) in [5.41, 5.74) is 0.796. The van der Waals surface area contributed by atoms with Crippen LogP contribution in [-0.4, -0.2) is 45.2 Å². The van der Waals surface area contributed by atoms with Gasteiger partial charge in [0, 0.05) is 18.0 Å². The maximum Gasteiger partial charge on any atom is 0.261 e. The number of carbonyl (C=O) groups is 1. The molecule has 0 radical (unpaired) electrons. The summed E-state index contributed by atoms with van der Waals surface area (Å²) in [7, 11) is -2.38. The van der Waals surface area contributed by atoms with E-state index in [9.17, 15) is 13.2 Å². The highest BCUT2D eigenvalue weighted by Gasteiger charge is 2.26. The molecule has 0 aromatic heterocycles. The molecule has 1 aliphatic heterocycles. The predicted molar refractivity (Wildman–Crippen MR) is 121 cm³/mol. The normalized spacial score (nSPS) is 15.1. The van der Waals surface area contributed by atoms with Crippen LogP contribution >= 0.6 is 11.8 Å². The van der Waals surface area contributed by atoms with Crippen molar-refractivity contribution in [3.8, 4) is 5.75 Å². The van der Waals surface area contributed by atoms with E-state index < -0.39 is 10.0 Å². The zero-order chi connectivity index (χ0) is 21.7. The Morgan fingerprint density at radius 3 is 2.57 bits per heavy atom. The summed E-state index contributed by atoms with van der Waals surface area (Å²) < 4.78 is 34.1. The number of hydrogen-bond acceptors (Lipinski definition) is 5. The zero-order valence-electron chi connectivity index (χ0n) is 17.6. The molecule has 1 saturated heterocycles. The van der Waals surface area contributed by atoms with Gasteiger partial charge in [-0.15, -0.1) is 11.8 Å². The van der Waals surface area contributed by atoms with Crippen LogP contribution in [0, 0.1) is 5.92 Å². The second kappa shape index (κ2) is 9.75. The molecule has 2 aromatic rings. The molecule has 3 rings (SSSR count). The molecule has 8 heteroatoms. The quantitative estimate of drug-likeness (QED) is 0.632. The lowest BCUT2D eigenvalue weighted by Crippen LogP contribution is -2.38. The van der Waals surface area contributed by atoms with E-state index in [4.69, 9.17) is 4.74 Å². The molecule has 0 atom stereocenters. The molecule has 0 aliphatic carbocycles. The summed E-state index contributed by atoms with van der Waals surface area (Å²) in [6.45, 7) is 5.52. The highest BCUT2D eigenvalue weighted by atomic mass is 32.2. The molecule has 30 heavy (non-hydrogen) atoms. The lowest BCUT2D eigenvalue weighted by atomic mass is 9.98. The number of nitrogens with one attached hydrogen (secondary N) is 1. The van der Waals surface area contributed by atoms with Crippen LogP contribution in [0.2, 0.25) is 0 Å². The number of piperidine rings is 1. The van der Waals surface area contributed by atoms with Crippen LogP contribution in [0.4, 0.5) is 5.69 Å². The number of likely N-dealkylation sites (tertiary alicyclic amines) is 1. The largest absolute Gasteiger partial charge is 0.496 e. The summed E-state index contributed by atoms with van der Waals surface area (Å²) in [5.74, 6) is 1.60. The van der Waals surface area contributed by atoms with Crippen molar-refractivity contribution < 1.29 is 17.9 Å². The first-order chi connectivity index (χ1) is 14.4. The van der Waals surface area contributed by atoms with Gasteiger partial charge in [0.15, 0.2) is 0 Å². The van der Waals surface area contributed by atoms with Gasteiger partial charge >= 0.3 is 0 Å². The number of methoxy groups -OCH3 is 1. The smallest absolute Gasteiger partial charge is 0.261 e. The second-order valence-corrected chi connectivity index (χ2v) is 10.4. The molecule has 6 nitrogen and oxygen atoms in total. The van der Waals surface area contributed by atoms with Crippen molar-refractivity contribution in [2.45, 2.75) is 36.5 Å². The van der Waals surface area contributed by atoms with Crippen LogP contribution in [-0.2, 0) is 10.0 Å². The van der Waals surface area contributed by atoms with Crippen LogP contribution in [0.3, 0.4) is 0 Å². The van der Waals surface area contributed by atoms with Gasteiger partial charge in [-0.25, -0.2) is 8.42 Å². The number of rotatable bonds is 7. The third-order valence-electron chi connectivity index (χ3n) is 5.21. The Morgan fingerprint density at radius 2 is 1.90 bits per heavy atom. The Bertz CT molecular complexity index is 1000. The van der Waals surface area contributed by atoms with Gasteiger partial charge in [0.25, 0.3) is 15.9 Å². The van der Waals surface area contributed by atoms with E-state index in [0.29, 0.717) is 30.4 Å². The number of ether oxygens (including phenoxy) is 1. The number of amides is 1. The van der Waals surface area contributed by atoms with Crippen molar-refractivity contribution in [1.82, 2.24) is 4.90 Å². The Balaban J connectivity index is 1.91. The van der Waals surface area contributed by atoms with Crippen molar-refractivity contribution >= 4 is 33.4 Å². The Kier molecular flexibility index (Phi) is 7.31. The number of para-hydroxylation sites is 1. The van der Waals surface area contributed by atoms with Gasteiger partial charge in [0.05, 0.1) is 23.3 Å². The highest BCUT2D eigenvalue weighted by Crippen LogP contribution is 2.30. The SMILES string of the molecule is CCSc1ccccc1NS(=O)(=O)c1ccc(OC)c(C(=O)N2CCC(C)CC2)c1. The molecule has 1 fully saturated rings. The van der Waals surface area contributed by atoms with Gasteiger partial charge in [-0.3, -0.25) is 9.52 Å². The van der Waals surface area contributed by atoms with E-state index in [1.807, 2.05) is 19.1 Å². The number of thioether (sulfide) groups is 1. The number of benzene rings is 2. The van der Waals surface area contributed by atoms with Gasteiger partial charge in [0.2, 0.25) is 0 Å². The van der Waals surface area contributed by atoms with Gasteiger partial charge in [-0.1, -0.05) is 26.0 Å². The fourth-order valence-corrected chi connectivity index (χ4v) is 5.37. The lowest BCUT2D eigenvalue weighted by Gasteiger charge is -2.30. The standard InChI is InChI=1S/C22H28N2O4S2/c1-4-29-21-8-6-5-7-19(21)23-30(26,27)17-9-10-20(28-3)18(15-17)22(25)24-13-11-16(2)12-14-24/h5-10,15-16,23H,4,11-14H2,1-3H3. The van der Waals surface area contributed by atoms with Crippen LogP contribution in [0.5, 0.6) is 5.75 Å². The summed E-state index contributed by atoms with van der Waals surface area (Å²) in [4.78, 5) is 15.8. The molecule has 2 aromatic carbocycles. The summed E-state index contributed by atoms with van der Waals surface area (Å²) >= 11 is 1.56. The average Bonchev–Trinajstić information content (AvgIpc) is 2.74. The number of anilines is 1. The summed E-state index contributed by atoms with van der Waals surface area (Å²) in [6.07, 6.45) is 1.89. The number of nitrogens with zero attached hydrogens (tertiary/aromatic N) is 1. The maximum absolute atomic E-state index is 13.1. The fourth-order valence-electron chi connectivity index (χ4n) is 3.44. The zero-order valence-corrected chi connectivity index (χ0v) is 19.2. The van der Waals surface area contributed by atoms with Crippen molar-refractivity contribution in [1.29, 1.82) is 0 Å². The molecule has 0 saturated carbocycles. The minimum absolute atomic E-state index is 0.0355. The van der Waals surface area contributed by atoms with Crippen molar-refractivity contribution in [2.24, 2.45) is 5.92 Å². The molecule has 1 N–H and O–H groups in total. The van der Waals surface area contributed by atoms with Gasteiger partial charge in [-0.2, -0.15) is 0 Å². The van der Waals surface area contributed by atoms with E-state index in [2.05, 4.69) is 11.6 Å². The minimum Gasteiger partial charge on any atom is -0.496 e. The first-order valence-corrected chi connectivity index (χ1v) is 12.5. The van der Waals surface area contributed by atoms with E-state index in [0.717, 1.165) is 23.5 Å². The van der Waals surface area contributed by atoms with E-state index >= 15 is 0 Å². The maximum atomic E-state index is 13.1. The van der Waals surface area contributed by atoms with Gasteiger partial charge in [0.1, 0.15) is 5.75 Å². The van der Waals surface area contributed by atoms with E-state index in [1.165, 1.54) is 19.2 Å². The second-order valence-electron chi connectivity index (χ2n) is 7.37. The van der Waals surface area contributed by atoms with Crippen LogP contribution in [0.1, 0.15) is 37.0 Å². The Labute approximate surface area is 183 Å². The first-order valence-electron chi connectivity index (χ1n) is 10.1. The Hall–Kier alpha value is -2.19. The van der Waals surface area contributed by atoms with Crippen LogP contribution < -0.4 is 9.46 Å². The summed E-state index contributed by atoms with van der Waals surface area (Å²) in [5, 5.41) is 0. The molecule has 0 unspecified atom stereocenters. The lowest BCUT2D eigenvalue weighted by molar-refractivity contribution is 0.0693. The Morgan fingerprint density at radius 1 is 1.20 bits per heavy atom. The van der Waals surface area contributed by atoms with Crippen molar-refractivity contribution in [3.05, 3.63) is 48.0 Å². The number of sulfonamides is 1. The number of hydrogen-bond donors (Lipinski definition) is 1. The van der Waals surface area contributed by atoms with Crippen molar-refractivity contribution in [2.75, 3.05) is 30.7 Å². The first kappa shape index (κ1) is 22.5. The highest BCUT2D eigenvalue weighted by molar-refractivity contribution is 7.99. The average molecular weight is 449 g/mol. The molecule has 0 bridgehead atoms. The monoisotopic (exact) mass is 448 g/mol. The predicted octanol–water partition coefficient (Wildman–Crippen LogP) is 4.48. The molecular weight excluding hydrogens is 420 g/mol. The van der Waals surface area contributed by atoms with Gasteiger partial charge in [-0.05, 0) is 54.8 Å². The topological polar surface area (TPSA) is 75.7 Å².